The van der Waals surface area contributed by atoms with Gasteiger partial charge < -0.3 is 21.1 Å². The van der Waals surface area contributed by atoms with E-state index in [9.17, 15) is 4.79 Å². The second-order valence-corrected chi connectivity index (χ2v) is 4.88. The molecule has 19 heavy (non-hydrogen) atoms. The molecule has 0 radical (unpaired) electrons. The van der Waals surface area contributed by atoms with E-state index in [2.05, 4.69) is 25.6 Å². The van der Waals surface area contributed by atoms with Crippen LogP contribution in [0.2, 0.25) is 0 Å². The van der Waals surface area contributed by atoms with Crippen LogP contribution in [0.4, 0.5) is 11.9 Å². The Morgan fingerprint density at radius 3 is 2.58 bits per heavy atom. The number of carbonyl (C=O) groups excluding carboxylic acids is 1. The summed E-state index contributed by atoms with van der Waals surface area (Å²) in [6.45, 7) is 7.99. The maximum atomic E-state index is 11.6. The number of nitrogens with zero attached hydrogens (tertiary/aromatic N) is 3. The predicted molar refractivity (Wildman–Crippen MR) is 71.8 cm³/mol. The fourth-order valence-corrected chi connectivity index (χ4v) is 1.27. The first-order valence-corrected chi connectivity index (χ1v) is 5.99. The van der Waals surface area contributed by atoms with Gasteiger partial charge in [-0.2, -0.15) is 15.0 Å². The van der Waals surface area contributed by atoms with Crippen molar-refractivity contribution in [2.45, 2.75) is 33.2 Å². The van der Waals surface area contributed by atoms with Crippen molar-refractivity contribution in [1.82, 2.24) is 20.3 Å². The van der Waals surface area contributed by atoms with Crippen LogP contribution in [0.5, 0.6) is 6.01 Å². The minimum atomic E-state index is -0.284. The summed E-state index contributed by atoms with van der Waals surface area (Å²) in [5.74, 6) is 0.0848. The monoisotopic (exact) mass is 268 g/mol. The van der Waals surface area contributed by atoms with E-state index in [1.807, 2.05) is 27.7 Å². The van der Waals surface area contributed by atoms with Crippen LogP contribution in [0, 0.1) is 0 Å². The molecule has 0 unspecified atom stereocenters. The van der Waals surface area contributed by atoms with E-state index in [1.165, 1.54) is 0 Å². The molecule has 1 aromatic heterocycles. The number of anilines is 2. The van der Waals surface area contributed by atoms with Crippen molar-refractivity contribution >= 4 is 17.8 Å². The summed E-state index contributed by atoms with van der Waals surface area (Å²) in [4.78, 5) is 23.3. The third-order valence-electron chi connectivity index (χ3n) is 1.83. The molecule has 4 N–H and O–H groups in total. The Bertz CT molecular complexity index is 443. The molecule has 106 valence electrons. The zero-order valence-electron chi connectivity index (χ0n) is 11.6. The maximum Gasteiger partial charge on any atom is 0.323 e. The lowest BCUT2D eigenvalue weighted by atomic mass is 10.1. The first-order chi connectivity index (χ1) is 8.80. The van der Waals surface area contributed by atoms with Crippen LogP contribution in [0.3, 0.4) is 0 Å². The van der Waals surface area contributed by atoms with Crippen molar-refractivity contribution in [3.05, 3.63) is 0 Å². The largest absolute Gasteiger partial charge is 0.464 e. The lowest BCUT2D eigenvalue weighted by Crippen LogP contribution is -2.43. The Labute approximate surface area is 112 Å². The Balaban J connectivity index is 2.60. The molecule has 0 atom stereocenters. The van der Waals surface area contributed by atoms with Crippen LogP contribution in [0.25, 0.3) is 0 Å². The summed E-state index contributed by atoms with van der Waals surface area (Å²) in [5, 5.41) is 5.58. The highest BCUT2D eigenvalue weighted by atomic mass is 16.5. The van der Waals surface area contributed by atoms with Crippen LogP contribution in [-0.4, -0.2) is 39.5 Å². The second-order valence-electron chi connectivity index (χ2n) is 4.88. The van der Waals surface area contributed by atoms with Crippen LogP contribution >= 0.6 is 0 Å². The number of hydrogen-bond donors (Lipinski definition) is 3. The fourth-order valence-electron chi connectivity index (χ4n) is 1.27. The summed E-state index contributed by atoms with van der Waals surface area (Å²) in [5.41, 5.74) is 5.23. The lowest BCUT2D eigenvalue weighted by Gasteiger charge is -2.20. The number of carbonyl (C=O) groups is 1. The van der Waals surface area contributed by atoms with Gasteiger partial charge in [0.25, 0.3) is 0 Å². The van der Waals surface area contributed by atoms with Gasteiger partial charge in [0.15, 0.2) is 0 Å². The molecule has 1 rings (SSSR count). The SMILES string of the molecule is CCOc1nc(N)nc(NCC(=O)NC(C)(C)C)n1. The molecule has 1 heterocycles. The summed E-state index contributed by atoms with van der Waals surface area (Å²) in [7, 11) is 0. The average molecular weight is 268 g/mol. The molecular formula is C11H20N6O2. The number of ether oxygens (including phenoxy) is 1. The van der Waals surface area contributed by atoms with Crippen molar-refractivity contribution in [3.63, 3.8) is 0 Å². The normalized spacial score (nSPS) is 10.9. The fraction of sp³-hybridized carbons (Fsp3) is 0.636. The van der Waals surface area contributed by atoms with Gasteiger partial charge in [-0.25, -0.2) is 0 Å². The van der Waals surface area contributed by atoms with Crippen LogP contribution in [0.15, 0.2) is 0 Å². The van der Waals surface area contributed by atoms with E-state index >= 15 is 0 Å². The summed E-state index contributed by atoms with van der Waals surface area (Å²) < 4.78 is 5.13. The molecule has 8 nitrogen and oxygen atoms in total. The highest BCUT2D eigenvalue weighted by Crippen LogP contribution is 2.08. The summed E-state index contributed by atoms with van der Waals surface area (Å²) in [6, 6.07) is 0.133. The number of nitrogens with two attached hydrogens (primary N) is 1. The van der Waals surface area contributed by atoms with E-state index in [1.54, 1.807) is 0 Å². The van der Waals surface area contributed by atoms with Gasteiger partial charge in [0.1, 0.15) is 0 Å². The second kappa shape index (κ2) is 6.17. The Morgan fingerprint density at radius 2 is 2.00 bits per heavy atom. The zero-order chi connectivity index (χ0) is 14.5. The molecule has 1 amide bonds. The van der Waals surface area contributed by atoms with E-state index in [-0.39, 0.29) is 35.9 Å². The Hall–Kier alpha value is -2.12. The topological polar surface area (TPSA) is 115 Å². The minimum absolute atomic E-state index is 0.0391. The predicted octanol–water partition coefficient (Wildman–Crippen LogP) is 0.179. The van der Waals surface area contributed by atoms with Gasteiger partial charge in [0.05, 0.1) is 13.2 Å². The lowest BCUT2D eigenvalue weighted by molar-refractivity contribution is -0.120. The highest BCUT2D eigenvalue weighted by Gasteiger charge is 2.14. The van der Waals surface area contributed by atoms with Gasteiger partial charge in [-0.05, 0) is 27.7 Å². The standard InChI is InChI=1S/C11H20N6O2/c1-5-19-10-15-8(12)14-9(16-10)13-6-7(18)17-11(2,3)4/h5-6H2,1-4H3,(H,17,18)(H3,12,13,14,15,16). The molecule has 0 saturated carbocycles. The molecule has 0 bridgehead atoms. The van der Waals surface area contributed by atoms with Gasteiger partial charge in [0.2, 0.25) is 17.8 Å². The van der Waals surface area contributed by atoms with E-state index in [0.29, 0.717) is 6.61 Å². The van der Waals surface area contributed by atoms with Crippen LogP contribution in [-0.2, 0) is 4.79 Å². The third-order valence-corrected chi connectivity index (χ3v) is 1.83. The van der Waals surface area contributed by atoms with Gasteiger partial charge in [0, 0.05) is 5.54 Å². The summed E-state index contributed by atoms with van der Waals surface area (Å²) in [6.07, 6.45) is 0. The number of amides is 1. The van der Waals surface area contributed by atoms with E-state index in [0.717, 1.165) is 0 Å². The van der Waals surface area contributed by atoms with Crippen LogP contribution < -0.4 is 21.1 Å². The Kier molecular flexibility index (Phi) is 4.85. The summed E-state index contributed by atoms with van der Waals surface area (Å²) >= 11 is 0. The first kappa shape index (κ1) is 14.9. The smallest absolute Gasteiger partial charge is 0.323 e. The molecule has 0 aliphatic rings. The van der Waals surface area contributed by atoms with Gasteiger partial charge in [-0.3, -0.25) is 4.79 Å². The van der Waals surface area contributed by atoms with Gasteiger partial charge >= 0.3 is 6.01 Å². The first-order valence-electron chi connectivity index (χ1n) is 5.99. The molecule has 0 aliphatic carbocycles. The van der Waals surface area contributed by atoms with Gasteiger partial charge in [-0.1, -0.05) is 0 Å². The number of nitrogens with one attached hydrogen (secondary N) is 2. The van der Waals surface area contributed by atoms with Gasteiger partial charge in [-0.15, -0.1) is 0 Å². The van der Waals surface area contributed by atoms with Crippen molar-refractivity contribution in [2.75, 3.05) is 24.2 Å². The van der Waals surface area contributed by atoms with Crippen molar-refractivity contribution < 1.29 is 9.53 Å². The number of hydrogen-bond acceptors (Lipinski definition) is 7. The molecule has 8 heteroatoms. The molecule has 0 spiro atoms. The molecule has 0 aromatic carbocycles. The van der Waals surface area contributed by atoms with Crippen molar-refractivity contribution in [3.8, 4) is 6.01 Å². The number of aromatic nitrogens is 3. The number of rotatable bonds is 5. The van der Waals surface area contributed by atoms with Crippen molar-refractivity contribution in [1.29, 1.82) is 0 Å². The average Bonchev–Trinajstić information content (AvgIpc) is 2.24. The molecule has 0 fully saturated rings. The molecular weight excluding hydrogens is 248 g/mol. The third kappa shape index (κ3) is 5.84. The van der Waals surface area contributed by atoms with Crippen molar-refractivity contribution in [2.24, 2.45) is 0 Å². The van der Waals surface area contributed by atoms with E-state index < -0.39 is 0 Å². The van der Waals surface area contributed by atoms with Crippen LogP contribution in [0.1, 0.15) is 27.7 Å². The molecule has 0 saturated heterocycles. The maximum absolute atomic E-state index is 11.6. The number of nitrogen functional groups attached to an aromatic ring is 1. The zero-order valence-corrected chi connectivity index (χ0v) is 11.6. The van der Waals surface area contributed by atoms with E-state index in [4.69, 9.17) is 10.5 Å². The molecule has 1 aromatic rings. The quantitative estimate of drug-likeness (QED) is 0.697. The Morgan fingerprint density at radius 1 is 1.32 bits per heavy atom. The minimum Gasteiger partial charge on any atom is -0.464 e. The highest BCUT2D eigenvalue weighted by molar-refractivity contribution is 5.80. The molecule has 0 aliphatic heterocycles.